The third-order valence-electron chi connectivity index (χ3n) is 15.6. The minimum Gasteiger partial charge on any atom is -0.463 e. The third-order valence-corrected chi connectivity index (χ3v) is 17.5. The largest absolute Gasteiger partial charge is 0.472 e. The fourth-order valence-corrected chi connectivity index (χ4v) is 11.4. The van der Waals surface area contributed by atoms with Gasteiger partial charge in [-0.3, -0.25) is 32.5 Å². The molecule has 0 saturated carbocycles. The van der Waals surface area contributed by atoms with Crippen molar-refractivity contribution in [2.45, 2.75) is 296 Å². The summed E-state index contributed by atoms with van der Waals surface area (Å²) in [6.45, 7) is 2.26. The molecule has 0 aromatic carbocycles. The van der Waals surface area contributed by atoms with Gasteiger partial charge in [0, 0.05) is 19.3 Å². The van der Waals surface area contributed by atoms with Gasteiger partial charge in [-0.15, -0.1) is 0 Å². The van der Waals surface area contributed by atoms with Crippen LogP contribution < -0.4 is 0 Å². The lowest BCUT2D eigenvalue weighted by Crippen LogP contribution is -2.30. The van der Waals surface area contributed by atoms with Crippen LogP contribution in [0.15, 0.2) is 182 Å². The number of unbranched alkanes of at least 4 members (excludes halogenated alkanes) is 19. The maximum Gasteiger partial charge on any atom is 0.472 e. The number of rotatable bonds is 72. The summed E-state index contributed by atoms with van der Waals surface area (Å²) in [5.41, 5.74) is 0. The molecule has 0 heterocycles. The minimum absolute atomic E-state index is 0.0535. The molecule has 0 spiro atoms. The fourth-order valence-electron chi connectivity index (χ4n) is 9.77. The Hall–Kier alpha value is -5.35. The van der Waals surface area contributed by atoms with Gasteiger partial charge in [-0.25, -0.2) is 9.13 Å². The van der Waals surface area contributed by atoms with Gasteiger partial charge in [-0.2, -0.15) is 0 Å². The summed E-state index contributed by atoms with van der Waals surface area (Å²) in [6, 6.07) is 0. The number of carbonyl (C=O) groups excluding carboxylic acids is 3. The number of hydrogen-bond acceptors (Lipinski definition) is 14. The first-order valence-electron chi connectivity index (χ1n) is 39.1. The van der Waals surface area contributed by atoms with Gasteiger partial charge in [0.05, 0.1) is 26.4 Å². The van der Waals surface area contributed by atoms with E-state index in [2.05, 4.69) is 203 Å². The molecule has 0 bridgehead atoms. The van der Waals surface area contributed by atoms with E-state index in [1.54, 1.807) is 0 Å². The second-order valence-electron chi connectivity index (χ2n) is 25.4. The van der Waals surface area contributed by atoms with Gasteiger partial charge in [-0.1, -0.05) is 287 Å². The lowest BCUT2D eigenvalue weighted by molar-refractivity contribution is -0.161. The van der Waals surface area contributed by atoms with Crippen molar-refractivity contribution in [1.82, 2.24) is 0 Å². The normalized spacial score (nSPS) is 15.0. The van der Waals surface area contributed by atoms with Gasteiger partial charge in [0.15, 0.2) is 6.10 Å². The summed E-state index contributed by atoms with van der Waals surface area (Å²) < 4.78 is 61.1. The van der Waals surface area contributed by atoms with Gasteiger partial charge < -0.3 is 34.2 Å². The van der Waals surface area contributed by atoms with Crippen LogP contribution in [0.25, 0.3) is 0 Å². The van der Waals surface area contributed by atoms with Crippen LogP contribution in [-0.2, 0) is 55.8 Å². The summed E-state index contributed by atoms with van der Waals surface area (Å²) in [7, 11) is -9.82. The van der Waals surface area contributed by atoms with Crippen LogP contribution in [0.4, 0.5) is 0 Å². The lowest BCUT2D eigenvalue weighted by atomic mass is 10.0. The second-order valence-corrected chi connectivity index (χ2v) is 28.3. The number of allylic oxidation sites excluding steroid dienone is 30. The van der Waals surface area contributed by atoms with Crippen molar-refractivity contribution in [3.05, 3.63) is 182 Å². The highest BCUT2D eigenvalue weighted by atomic mass is 31.2. The van der Waals surface area contributed by atoms with E-state index in [1.165, 1.54) is 38.5 Å². The maximum absolute atomic E-state index is 13.0. The number of aliphatic hydroxyl groups excluding tert-OH is 2. The molecular formula is C85H138O16P2. The molecule has 0 fully saturated rings. The molecule has 4 N–H and O–H groups in total. The Balaban J connectivity index is 4.69. The Morgan fingerprint density at radius 2 is 0.485 bits per heavy atom. The van der Waals surface area contributed by atoms with Crippen molar-refractivity contribution in [2.75, 3.05) is 39.6 Å². The second kappa shape index (κ2) is 76.3. The van der Waals surface area contributed by atoms with Crippen molar-refractivity contribution in [2.24, 2.45) is 0 Å². The molecule has 0 aromatic rings. The highest BCUT2D eigenvalue weighted by Crippen LogP contribution is 2.45. The predicted molar refractivity (Wildman–Crippen MR) is 426 cm³/mol. The molecule has 18 heteroatoms. The minimum atomic E-state index is -4.95. The first-order chi connectivity index (χ1) is 50.2. The molecule has 0 aromatic heterocycles. The molecule has 0 rings (SSSR count). The van der Waals surface area contributed by atoms with Gasteiger partial charge in [0.2, 0.25) is 0 Å². The van der Waals surface area contributed by atoms with Crippen LogP contribution in [0.2, 0.25) is 0 Å². The molecule has 0 radical (unpaired) electrons. The quantitative estimate of drug-likeness (QED) is 0.0146. The van der Waals surface area contributed by atoms with Crippen molar-refractivity contribution < 1.29 is 75.8 Å². The number of aliphatic hydroxyl groups is 2. The first kappa shape index (κ1) is 97.7. The van der Waals surface area contributed by atoms with Gasteiger partial charge in [0.25, 0.3) is 0 Å². The van der Waals surface area contributed by atoms with E-state index in [0.717, 1.165) is 180 Å². The Morgan fingerprint density at radius 1 is 0.272 bits per heavy atom. The average Bonchev–Trinajstić information content (AvgIpc) is 0.923. The fraction of sp³-hybridized carbons (Fsp3) is 0.612. The number of phosphoric ester groups is 2. The zero-order chi connectivity index (χ0) is 75.2. The number of phosphoric acid groups is 2. The van der Waals surface area contributed by atoms with E-state index in [0.29, 0.717) is 19.3 Å². The molecule has 0 amide bonds. The number of carbonyl (C=O) groups is 3. The summed E-state index contributed by atoms with van der Waals surface area (Å²) in [5.74, 6) is -1.65. The van der Waals surface area contributed by atoms with E-state index in [4.69, 9.17) is 32.3 Å². The molecular weight excluding hydrogens is 1340 g/mol. The average molecular weight is 1480 g/mol. The van der Waals surface area contributed by atoms with Crippen molar-refractivity contribution in [1.29, 1.82) is 0 Å². The van der Waals surface area contributed by atoms with E-state index in [-0.39, 0.29) is 19.3 Å². The standard InChI is InChI=1S/C85H138O16P2/c1-4-7-10-13-16-19-22-25-28-31-34-36-37-38-39-40-41-43-46-47-50-53-56-59-62-65-68-71-83(88)95-74-80(86)75-97-102(91,92)98-76-81(87)77-99-103(93,94)100-79-82(101-85(90)73-70-67-64-61-58-55-52-49-44-33-30-27-24-21-18-15-12-9-6-3)78-96-84(89)72-69-66-63-60-57-54-51-48-45-42-35-32-29-26-23-20-17-14-11-8-5-2/h7-12,16-21,25-30,34-36,38-39,42,44,48-49,51,55,58,80-82,86-87H,4-6,13-15,22-24,31-33,37,40-41,43,45-47,50,52-54,56-57,59-79H2,1-3H3,(H,91,92)(H,93,94)/b10-7-,11-8-,12-9-,19-16-,20-17-,21-18-,28-25-,29-26-,30-27-,36-34-,39-38-,42-35-,49-44-,51-48-,58-55-. The topological polar surface area (TPSA) is 231 Å². The molecule has 0 aliphatic carbocycles. The van der Waals surface area contributed by atoms with Crippen molar-refractivity contribution >= 4 is 33.6 Å². The van der Waals surface area contributed by atoms with Crippen LogP contribution in [0.5, 0.6) is 0 Å². The monoisotopic (exact) mass is 1480 g/mol. The molecule has 16 nitrogen and oxygen atoms in total. The van der Waals surface area contributed by atoms with Gasteiger partial charge in [-0.05, 0) is 154 Å². The Bertz CT molecular complexity index is 2600. The Morgan fingerprint density at radius 3 is 0.777 bits per heavy atom. The molecule has 584 valence electrons. The Kier molecular flexibility index (Phi) is 72.3. The molecule has 5 unspecified atom stereocenters. The zero-order valence-corrected chi connectivity index (χ0v) is 65.5. The van der Waals surface area contributed by atoms with Crippen LogP contribution in [0.1, 0.15) is 278 Å². The molecule has 0 aliphatic heterocycles. The number of esters is 3. The Labute approximate surface area is 624 Å². The third kappa shape index (κ3) is 77.6. The molecule has 0 aliphatic rings. The summed E-state index contributed by atoms with van der Waals surface area (Å²) in [6.07, 6.45) is 97.9. The van der Waals surface area contributed by atoms with Crippen molar-refractivity contribution in [3.63, 3.8) is 0 Å². The first-order valence-corrected chi connectivity index (χ1v) is 42.1. The maximum atomic E-state index is 13.0. The SMILES string of the molecule is CC/C=C\C/C=C\C/C=C\C/C=C\C/C=C\CCCCCCCCCCCCCC(=O)OCC(O)COP(=O)(O)OCC(O)COP(=O)(O)OCC(COC(=O)CCCCCCC/C=C\C/C=C\C/C=C\C/C=C\C/C=C\CC)OC(=O)CCCCC/C=C\C/C=C\C/C=C\C/C=C\C/C=C\CC. The lowest BCUT2D eigenvalue weighted by Gasteiger charge is -2.21. The predicted octanol–water partition coefficient (Wildman–Crippen LogP) is 23.0. The van der Waals surface area contributed by atoms with Crippen LogP contribution in [-0.4, -0.2) is 95.9 Å². The summed E-state index contributed by atoms with van der Waals surface area (Å²) in [4.78, 5) is 58.7. The molecule has 5 atom stereocenters. The summed E-state index contributed by atoms with van der Waals surface area (Å²) in [5, 5.41) is 20.6. The van der Waals surface area contributed by atoms with Crippen molar-refractivity contribution in [3.8, 4) is 0 Å². The zero-order valence-electron chi connectivity index (χ0n) is 63.7. The molecule has 103 heavy (non-hydrogen) atoms. The summed E-state index contributed by atoms with van der Waals surface area (Å²) >= 11 is 0. The van der Waals surface area contributed by atoms with Crippen LogP contribution >= 0.6 is 15.6 Å². The van der Waals surface area contributed by atoms with Gasteiger partial charge in [0.1, 0.15) is 25.4 Å². The van der Waals surface area contributed by atoms with E-state index >= 15 is 0 Å². The van der Waals surface area contributed by atoms with E-state index in [1.807, 2.05) is 0 Å². The number of ether oxygens (including phenoxy) is 3. The van der Waals surface area contributed by atoms with Crippen LogP contribution in [0, 0.1) is 0 Å². The van der Waals surface area contributed by atoms with E-state index in [9.17, 15) is 43.5 Å². The highest BCUT2D eigenvalue weighted by molar-refractivity contribution is 7.47. The smallest absolute Gasteiger partial charge is 0.463 e. The molecule has 0 saturated heterocycles. The van der Waals surface area contributed by atoms with E-state index < -0.39 is 91.5 Å². The van der Waals surface area contributed by atoms with Crippen LogP contribution in [0.3, 0.4) is 0 Å². The van der Waals surface area contributed by atoms with Gasteiger partial charge >= 0.3 is 33.6 Å². The number of hydrogen-bond donors (Lipinski definition) is 4. The highest BCUT2D eigenvalue weighted by Gasteiger charge is 2.29.